The van der Waals surface area contributed by atoms with Crippen LogP contribution in [0.15, 0.2) is 53.2 Å². The van der Waals surface area contributed by atoms with E-state index in [4.69, 9.17) is 16.0 Å². The van der Waals surface area contributed by atoms with Gasteiger partial charge in [0, 0.05) is 18.9 Å². The molecule has 3 heterocycles. The Kier molecular flexibility index (Phi) is 4.05. The van der Waals surface area contributed by atoms with E-state index in [1.165, 1.54) is 0 Å². The van der Waals surface area contributed by atoms with Gasteiger partial charge in [0.2, 0.25) is 23.5 Å². The zero-order valence-corrected chi connectivity index (χ0v) is 14.3. The third kappa shape index (κ3) is 3.23. The molecule has 10 heteroatoms. The average Bonchev–Trinajstić information content (AvgIpc) is 3.18. The molecule has 3 aromatic heterocycles. The summed E-state index contributed by atoms with van der Waals surface area (Å²) in [6.07, 6.45) is 1.58. The second-order valence-corrected chi connectivity index (χ2v) is 5.57. The monoisotopic (exact) mass is 361 g/mol. The lowest BCUT2D eigenvalue weighted by Crippen LogP contribution is -2.15. The van der Waals surface area contributed by atoms with Gasteiger partial charge in [-0.2, -0.15) is 19.9 Å². The number of nitrogens with two attached hydrogens (primary N) is 2. The summed E-state index contributed by atoms with van der Waals surface area (Å²) in [5, 5.41) is 3.92. The standard InChI is InChI=1S/C17H15N9O/c1-26(10-6-3-2-4-7-10)17-23-13(22-16(19)24-17)14-21-15(27-25-14)11-8-5-9-20-12(11)18/h2-9H,1H3,(H2,18,20)(H2,19,22,23,24). The zero-order valence-electron chi connectivity index (χ0n) is 14.3. The molecule has 0 unspecified atom stereocenters. The van der Waals surface area contributed by atoms with Crippen molar-refractivity contribution in [3.63, 3.8) is 0 Å². The lowest BCUT2D eigenvalue weighted by Gasteiger charge is -2.17. The summed E-state index contributed by atoms with van der Waals surface area (Å²) in [6.45, 7) is 0. The van der Waals surface area contributed by atoms with Crippen LogP contribution in [0.2, 0.25) is 0 Å². The summed E-state index contributed by atoms with van der Waals surface area (Å²) in [5.41, 5.74) is 13.1. The minimum atomic E-state index is 0.0463. The van der Waals surface area contributed by atoms with Gasteiger partial charge in [-0.1, -0.05) is 23.4 Å². The Morgan fingerprint density at radius 1 is 0.889 bits per heavy atom. The largest absolute Gasteiger partial charge is 0.383 e. The first-order valence-corrected chi connectivity index (χ1v) is 7.97. The summed E-state index contributed by atoms with van der Waals surface area (Å²) in [4.78, 5) is 22.8. The number of anilines is 4. The van der Waals surface area contributed by atoms with E-state index in [2.05, 4.69) is 30.1 Å². The third-order valence-corrected chi connectivity index (χ3v) is 3.78. The molecular weight excluding hydrogens is 346 g/mol. The second-order valence-electron chi connectivity index (χ2n) is 5.57. The number of aromatic nitrogens is 6. The molecule has 0 spiro atoms. The molecule has 10 nitrogen and oxygen atoms in total. The van der Waals surface area contributed by atoms with Crippen molar-refractivity contribution in [1.82, 2.24) is 30.1 Å². The van der Waals surface area contributed by atoms with Crippen molar-refractivity contribution < 1.29 is 4.52 Å². The van der Waals surface area contributed by atoms with Crippen molar-refractivity contribution in [3.8, 4) is 23.1 Å². The highest BCUT2D eigenvalue weighted by molar-refractivity contribution is 5.67. The summed E-state index contributed by atoms with van der Waals surface area (Å²) in [5.74, 6) is 1.27. The zero-order chi connectivity index (χ0) is 18.8. The molecule has 0 saturated heterocycles. The fraction of sp³-hybridized carbons (Fsp3) is 0.0588. The fourth-order valence-electron chi connectivity index (χ4n) is 2.42. The van der Waals surface area contributed by atoms with Gasteiger partial charge in [-0.05, 0) is 24.3 Å². The van der Waals surface area contributed by atoms with Crippen LogP contribution < -0.4 is 16.4 Å². The van der Waals surface area contributed by atoms with Gasteiger partial charge in [0.25, 0.3) is 5.89 Å². The van der Waals surface area contributed by atoms with Crippen LogP contribution in [-0.4, -0.2) is 37.1 Å². The van der Waals surface area contributed by atoms with Crippen molar-refractivity contribution in [2.24, 2.45) is 0 Å². The number of para-hydroxylation sites is 1. The van der Waals surface area contributed by atoms with Gasteiger partial charge in [-0.15, -0.1) is 0 Å². The van der Waals surface area contributed by atoms with Crippen LogP contribution in [0.5, 0.6) is 0 Å². The number of rotatable bonds is 4. The predicted molar refractivity (Wildman–Crippen MR) is 99.7 cm³/mol. The smallest absolute Gasteiger partial charge is 0.262 e. The van der Waals surface area contributed by atoms with E-state index in [9.17, 15) is 0 Å². The van der Waals surface area contributed by atoms with E-state index in [0.717, 1.165) is 5.69 Å². The molecule has 0 saturated carbocycles. The minimum Gasteiger partial charge on any atom is -0.383 e. The van der Waals surface area contributed by atoms with Gasteiger partial charge in [0.05, 0.1) is 5.56 Å². The SMILES string of the molecule is CN(c1ccccc1)c1nc(N)nc(-c2noc(-c3cccnc3N)n2)n1. The first kappa shape index (κ1) is 16.4. The van der Waals surface area contributed by atoms with Crippen LogP contribution >= 0.6 is 0 Å². The maximum atomic E-state index is 5.85. The van der Waals surface area contributed by atoms with Gasteiger partial charge in [0.1, 0.15) is 5.82 Å². The first-order chi connectivity index (χ1) is 13.1. The van der Waals surface area contributed by atoms with Crippen molar-refractivity contribution in [1.29, 1.82) is 0 Å². The molecule has 0 bridgehead atoms. The van der Waals surface area contributed by atoms with Crippen LogP contribution in [0.3, 0.4) is 0 Å². The molecule has 4 rings (SSSR count). The Morgan fingerprint density at radius 2 is 1.70 bits per heavy atom. The Balaban J connectivity index is 1.71. The summed E-state index contributed by atoms with van der Waals surface area (Å²) < 4.78 is 5.27. The number of nitrogens with zero attached hydrogens (tertiary/aromatic N) is 7. The molecule has 134 valence electrons. The molecule has 0 fully saturated rings. The summed E-state index contributed by atoms with van der Waals surface area (Å²) >= 11 is 0. The second kappa shape index (κ2) is 6.67. The number of benzene rings is 1. The molecule has 1 aromatic carbocycles. The Morgan fingerprint density at radius 3 is 2.48 bits per heavy atom. The third-order valence-electron chi connectivity index (χ3n) is 3.78. The van der Waals surface area contributed by atoms with Crippen molar-refractivity contribution in [3.05, 3.63) is 48.7 Å². The Labute approximate surface area is 153 Å². The highest BCUT2D eigenvalue weighted by Crippen LogP contribution is 2.26. The molecular formula is C17H15N9O. The molecule has 0 aliphatic carbocycles. The maximum absolute atomic E-state index is 5.85. The van der Waals surface area contributed by atoms with Crippen LogP contribution in [0, 0.1) is 0 Å². The van der Waals surface area contributed by atoms with Gasteiger partial charge in [-0.25, -0.2) is 4.98 Å². The molecule has 0 aliphatic rings. The van der Waals surface area contributed by atoms with E-state index in [1.54, 1.807) is 23.2 Å². The Hall–Kier alpha value is -4.08. The summed E-state index contributed by atoms with van der Waals surface area (Å²) in [7, 11) is 1.83. The number of hydrogen-bond donors (Lipinski definition) is 2. The van der Waals surface area contributed by atoms with E-state index < -0.39 is 0 Å². The molecule has 0 amide bonds. The van der Waals surface area contributed by atoms with Crippen molar-refractivity contribution in [2.45, 2.75) is 0 Å². The van der Waals surface area contributed by atoms with Crippen LogP contribution in [0.4, 0.5) is 23.4 Å². The molecule has 0 radical (unpaired) electrons. The minimum absolute atomic E-state index is 0.0463. The van der Waals surface area contributed by atoms with E-state index in [0.29, 0.717) is 11.5 Å². The van der Waals surface area contributed by atoms with E-state index in [-0.39, 0.29) is 29.3 Å². The normalized spacial score (nSPS) is 10.7. The first-order valence-electron chi connectivity index (χ1n) is 7.97. The molecule has 0 aliphatic heterocycles. The fourth-order valence-corrected chi connectivity index (χ4v) is 2.42. The maximum Gasteiger partial charge on any atom is 0.262 e. The van der Waals surface area contributed by atoms with Gasteiger partial charge < -0.3 is 20.9 Å². The van der Waals surface area contributed by atoms with E-state index in [1.807, 2.05) is 37.4 Å². The topological polar surface area (TPSA) is 146 Å². The highest BCUT2D eigenvalue weighted by atomic mass is 16.5. The number of pyridine rings is 1. The Bertz CT molecular complexity index is 1080. The quantitative estimate of drug-likeness (QED) is 0.552. The predicted octanol–water partition coefficient (Wildman–Crippen LogP) is 1.92. The van der Waals surface area contributed by atoms with Crippen molar-refractivity contribution >= 4 is 23.4 Å². The van der Waals surface area contributed by atoms with Gasteiger partial charge in [-0.3, -0.25) is 0 Å². The lowest BCUT2D eigenvalue weighted by atomic mass is 10.2. The molecule has 0 atom stereocenters. The molecule has 4 N–H and O–H groups in total. The number of nitrogen functional groups attached to an aromatic ring is 2. The van der Waals surface area contributed by atoms with Crippen molar-refractivity contribution in [2.75, 3.05) is 23.4 Å². The average molecular weight is 361 g/mol. The highest BCUT2D eigenvalue weighted by Gasteiger charge is 2.18. The number of hydrogen-bond acceptors (Lipinski definition) is 10. The van der Waals surface area contributed by atoms with Crippen LogP contribution in [0.25, 0.3) is 23.1 Å². The molecule has 27 heavy (non-hydrogen) atoms. The van der Waals surface area contributed by atoms with Gasteiger partial charge in [0.15, 0.2) is 0 Å². The lowest BCUT2D eigenvalue weighted by molar-refractivity contribution is 0.432. The van der Waals surface area contributed by atoms with Crippen LogP contribution in [0.1, 0.15) is 0 Å². The van der Waals surface area contributed by atoms with Crippen LogP contribution in [-0.2, 0) is 0 Å². The van der Waals surface area contributed by atoms with E-state index >= 15 is 0 Å². The van der Waals surface area contributed by atoms with Gasteiger partial charge >= 0.3 is 0 Å². The summed E-state index contributed by atoms with van der Waals surface area (Å²) in [6, 6.07) is 13.1. The molecule has 4 aromatic rings.